The van der Waals surface area contributed by atoms with Crippen molar-refractivity contribution in [3.63, 3.8) is 0 Å². The van der Waals surface area contributed by atoms with Gasteiger partial charge in [0.05, 0.1) is 6.26 Å². The van der Waals surface area contributed by atoms with Crippen LogP contribution in [0.25, 0.3) is 0 Å². The fourth-order valence-corrected chi connectivity index (χ4v) is 3.63. The lowest BCUT2D eigenvalue weighted by Crippen LogP contribution is -2.43. The summed E-state index contributed by atoms with van der Waals surface area (Å²) in [5.74, 6) is 2.70. The molecule has 3 rings (SSSR count). The first-order valence-electron chi connectivity index (χ1n) is 9.52. The Kier molecular flexibility index (Phi) is 6.18. The summed E-state index contributed by atoms with van der Waals surface area (Å²) in [6.45, 7) is 11.0. The van der Waals surface area contributed by atoms with Crippen molar-refractivity contribution in [1.82, 2.24) is 15.1 Å². The SMILES string of the molecule is CC(C)CN=C(NCCc1ccco1)N1CCC(N2CCCC2)C1. The molecule has 2 fully saturated rings. The molecule has 1 unspecified atom stereocenters. The highest BCUT2D eigenvalue weighted by Crippen LogP contribution is 2.20. The van der Waals surface area contributed by atoms with Crippen LogP contribution in [0.3, 0.4) is 0 Å². The molecule has 5 heteroatoms. The van der Waals surface area contributed by atoms with E-state index in [1.165, 1.54) is 32.4 Å². The molecule has 2 saturated heterocycles. The van der Waals surface area contributed by atoms with E-state index in [1.54, 1.807) is 6.26 Å². The molecule has 1 N–H and O–H groups in total. The van der Waals surface area contributed by atoms with Crippen LogP contribution in [-0.4, -0.2) is 61.1 Å². The standard InChI is InChI=1S/C19H32N4O/c1-16(2)14-21-19(20-9-7-18-6-5-13-24-18)23-12-8-17(15-23)22-10-3-4-11-22/h5-6,13,16-17H,3-4,7-12,14-15H2,1-2H3,(H,20,21). The van der Waals surface area contributed by atoms with Crippen molar-refractivity contribution in [1.29, 1.82) is 0 Å². The molecular weight excluding hydrogens is 300 g/mol. The van der Waals surface area contributed by atoms with Crippen molar-refractivity contribution in [3.05, 3.63) is 24.2 Å². The molecule has 0 saturated carbocycles. The Morgan fingerprint density at radius 3 is 2.88 bits per heavy atom. The molecule has 0 spiro atoms. The number of hydrogen-bond donors (Lipinski definition) is 1. The van der Waals surface area contributed by atoms with Crippen LogP contribution in [0.15, 0.2) is 27.8 Å². The van der Waals surface area contributed by atoms with Crippen molar-refractivity contribution in [2.45, 2.75) is 45.6 Å². The Hall–Kier alpha value is -1.49. The fourth-order valence-electron chi connectivity index (χ4n) is 3.63. The van der Waals surface area contributed by atoms with E-state index in [9.17, 15) is 0 Å². The Morgan fingerprint density at radius 1 is 1.33 bits per heavy atom. The van der Waals surface area contributed by atoms with E-state index in [2.05, 4.69) is 29.0 Å². The molecule has 134 valence electrons. The van der Waals surface area contributed by atoms with Gasteiger partial charge in [0.2, 0.25) is 0 Å². The van der Waals surface area contributed by atoms with Gasteiger partial charge in [-0.1, -0.05) is 13.8 Å². The average Bonchev–Trinajstić information content (AvgIpc) is 3.32. The van der Waals surface area contributed by atoms with Gasteiger partial charge in [-0.15, -0.1) is 0 Å². The second-order valence-electron chi connectivity index (χ2n) is 7.45. The van der Waals surface area contributed by atoms with E-state index < -0.39 is 0 Å². The highest BCUT2D eigenvalue weighted by molar-refractivity contribution is 5.80. The Balaban J connectivity index is 1.54. The highest BCUT2D eigenvalue weighted by atomic mass is 16.3. The molecule has 3 heterocycles. The summed E-state index contributed by atoms with van der Waals surface area (Å²) < 4.78 is 5.42. The smallest absolute Gasteiger partial charge is 0.193 e. The van der Waals surface area contributed by atoms with Crippen LogP contribution in [0.1, 0.15) is 38.9 Å². The first-order valence-corrected chi connectivity index (χ1v) is 9.52. The van der Waals surface area contributed by atoms with E-state index in [0.29, 0.717) is 12.0 Å². The van der Waals surface area contributed by atoms with Gasteiger partial charge in [-0.3, -0.25) is 9.89 Å². The molecule has 2 aliphatic heterocycles. The molecule has 0 aromatic carbocycles. The number of furan rings is 1. The third-order valence-corrected chi connectivity index (χ3v) is 4.96. The Morgan fingerprint density at radius 2 is 2.17 bits per heavy atom. The third-order valence-electron chi connectivity index (χ3n) is 4.96. The van der Waals surface area contributed by atoms with Crippen molar-refractivity contribution < 1.29 is 4.42 Å². The summed E-state index contributed by atoms with van der Waals surface area (Å²) in [6, 6.07) is 4.69. The van der Waals surface area contributed by atoms with Crippen LogP contribution in [0.4, 0.5) is 0 Å². The predicted molar refractivity (Wildman–Crippen MR) is 98.3 cm³/mol. The zero-order valence-corrected chi connectivity index (χ0v) is 15.2. The number of aliphatic imine (C=N–C) groups is 1. The number of nitrogens with zero attached hydrogens (tertiary/aromatic N) is 3. The topological polar surface area (TPSA) is 44.0 Å². The molecule has 2 aliphatic rings. The molecule has 1 atom stereocenters. The van der Waals surface area contributed by atoms with Gasteiger partial charge >= 0.3 is 0 Å². The van der Waals surface area contributed by atoms with Crippen LogP contribution in [0, 0.1) is 5.92 Å². The maximum Gasteiger partial charge on any atom is 0.193 e. The van der Waals surface area contributed by atoms with Crippen molar-refractivity contribution in [2.75, 3.05) is 39.3 Å². The summed E-state index contributed by atoms with van der Waals surface area (Å²) in [6.07, 6.45) is 6.64. The van der Waals surface area contributed by atoms with E-state index in [4.69, 9.17) is 9.41 Å². The Bertz CT molecular complexity index is 505. The Labute approximate surface area is 146 Å². The van der Waals surface area contributed by atoms with Crippen molar-refractivity contribution in [2.24, 2.45) is 10.9 Å². The van der Waals surface area contributed by atoms with Crippen molar-refractivity contribution >= 4 is 5.96 Å². The maximum absolute atomic E-state index is 5.42. The second-order valence-corrected chi connectivity index (χ2v) is 7.45. The predicted octanol–water partition coefficient (Wildman–Crippen LogP) is 2.59. The van der Waals surface area contributed by atoms with Gasteiger partial charge in [-0.25, -0.2) is 0 Å². The highest BCUT2D eigenvalue weighted by Gasteiger charge is 2.30. The first kappa shape index (κ1) is 17.3. The van der Waals surface area contributed by atoms with Gasteiger partial charge in [0.1, 0.15) is 5.76 Å². The number of hydrogen-bond acceptors (Lipinski definition) is 3. The summed E-state index contributed by atoms with van der Waals surface area (Å²) >= 11 is 0. The third kappa shape index (κ3) is 4.76. The van der Waals surface area contributed by atoms with Gasteiger partial charge in [0, 0.05) is 38.6 Å². The molecule has 0 amide bonds. The molecular formula is C19H32N4O. The minimum absolute atomic E-state index is 0.587. The second kappa shape index (κ2) is 8.56. The van der Waals surface area contributed by atoms with Crippen LogP contribution < -0.4 is 5.32 Å². The van der Waals surface area contributed by atoms with E-state index in [-0.39, 0.29) is 0 Å². The van der Waals surface area contributed by atoms with E-state index in [1.807, 2.05) is 12.1 Å². The van der Waals surface area contributed by atoms with Crippen LogP contribution in [-0.2, 0) is 6.42 Å². The molecule has 1 aromatic rings. The normalized spacial score (nSPS) is 22.7. The zero-order valence-electron chi connectivity index (χ0n) is 15.2. The number of likely N-dealkylation sites (tertiary alicyclic amines) is 2. The van der Waals surface area contributed by atoms with E-state index >= 15 is 0 Å². The summed E-state index contributed by atoms with van der Waals surface area (Å²) in [7, 11) is 0. The minimum Gasteiger partial charge on any atom is -0.469 e. The largest absolute Gasteiger partial charge is 0.469 e. The number of guanidine groups is 1. The summed E-state index contributed by atoms with van der Waals surface area (Å²) in [5, 5.41) is 3.56. The van der Waals surface area contributed by atoms with Crippen LogP contribution >= 0.6 is 0 Å². The monoisotopic (exact) mass is 332 g/mol. The van der Waals surface area contributed by atoms with Gasteiger partial charge in [0.25, 0.3) is 0 Å². The average molecular weight is 332 g/mol. The van der Waals surface area contributed by atoms with Crippen LogP contribution in [0.5, 0.6) is 0 Å². The van der Waals surface area contributed by atoms with Crippen molar-refractivity contribution in [3.8, 4) is 0 Å². The minimum atomic E-state index is 0.587. The molecule has 0 aliphatic carbocycles. The van der Waals surface area contributed by atoms with Gasteiger partial charge in [-0.2, -0.15) is 0 Å². The lowest BCUT2D eigenvalue weighted by atomic mass is 10.2. The summed E-state index contributed by atoms with van der Waals surface area (Å²) in [5.41, 5.74) is 0. The lowest BCUT2D eigenvalue weighted by molar-refractivity contribution is 0.249. The quantitative estimate of drug-likeness (QED) is 0.642. The van der Waals surface area contributed by atoms with Gasteiger partial charge in [0.15, 0.2) is 5.96 Å². The molecule has 0 bridgehead atoms. The molecule has 5 nitrogen and oxygen atoms in total. The lowest BCUT2D eigenvalue weighted by Gasteiger charge is -2.25. The zero-order chi connectivity index (χ0) is 16.8. The fraction of sp³-hybridized carbons (Fsp3) is 0.737. The first-order chi connectivity index (χ1) is 11.7. The van der Waals surface area contributed by atoms with E-state index in [0.717, 1.165) is 44.3 Å². The van der Waals surface area contributed by atoms with Gasteiger partial charge in [-0.05, 0) is 50.4 Å². The number of nitrogens with one attached hydrogen (secondary N) is 1. The number of rotatable bonds is 6. The maximum atomic E-state index is 5.42. The summed E-state index contributed by atoms with van der Waals surface area (Å²) in [4.78, 5) is 9.99. The molecule has 1 aromatic heterocycles. The molecule has 0 radical (unpaired) electrons. The molecule has 24 heavy (non-hydrogen) atoms. The van der Waals surface area contributed by atoms with Crippen LogP contribution in [0.2, 0.25) is 0 Å². The van der Waals surface area contributed by atoms with Gasteiger partial charge < -0.3 is 14.6 Å².